The van der Waals surface area contributed by atoms with Crippen molar-refractivity contribution in [3.05, 3.63) is 0 Å². The Bertz CT molecular complexity index is 233. The summed E-state index contributed by atoms with van der Waals surface area (Å²) in [5.74, 6) is -1.01. The average Bonchev–Trinajstić information content (AvgIpc) is 2.26. The molecule has 0 aromatic heterocycles. The molecule has 0 aliphatic heterocycles. The van der Waals surface area contributed by atoms with Gasteiger partial charge in [-0.1, -0.05) is 6.92 Å². The van der Waals surface area contributed by atoms with E-state index in [9.17, 15) is 9.59 Å². The number of nitrogens with one attached hydrogen (secondary N) is 2. The third-order valence-electron chi connectivity index (χ3n) is 2.32. The first kappa shape index (κ1) is 14.7. The van der Waals surface area contributed by atoms with E-state index >= 15 is 0 Å². The highest BCUT2D eigenvalue weighted by molar-refractivity contribution is 5.82. The van der Waals surface area contributed by atoms with Gasteiger partial charge in [0.1, 0.15) is 6.04 Å². The number of carboxylic acid groups (broad SMARTS) is 1. The molecule has 6 nitrogen and oxygen atoms in total. The Morgan fingerprint density at radius 3 is 2.50 bits per heavy atom. The van der Waals surface area contributed by atoms with Crippen LogP contribution in [0.4, 0.5) is 4.79 Å². The van der Waals surface area contributed by atoms with E-state index in [-0.39, 0.29) is 6.03 Å². The lowest BCUT2D eigenvalue weighted by Gasteiger charge is -2.21. The zero-order valence-corrected chi connectivity index (χ0v) is 10.1. The van der Waals surface area contributed by atoms with Crippen molar-refractivity contribution >= 4 is 12.0 Å². The van der Waals surface area contributed by atoms with E-state index < -0.39 is 12.0 Å². The highest BCUT2D eigenvalue weighted by Gasteiger charge is 2.20. The van der Waals surface area contributed by atoms with Gasteiger partial charge in [-0.15, -0.1) is 0 Å². The number of carboxylic acids is 1. The third kappa shape index (κ3) is 5.55. The minimum Gasteiger partial charge on any atom is -0.480 e. The van der Waals surface area contributed by atoms with Crippen molar-refractivity contribution in [2.45, 2.75) is 26.3 Å². The number of aliphatic carboxylic acids is 1. The predicted octanol–water partition coefficient (Wildman–Crippen LogP) is 0.101. The first-order chi connectivity index (χ1) is 7.50. The van der Waals surface area contributed by atoms with E-state index in [1.165, 1.54) is 18.9 Å². The minimum absolute atomic E-state index is 0.355. The van der Waals surface area contributed by atoms with E-state index in [0.717, 1.165) is 19.5 Å². The molecular formula is C10H21N3O3. The van der Waals surface area contributed by atoms with Gasteiger partial charge >= 0.3 is 12.0 Å². The van der Waals surface area contributed by atoms with Gasteiger partial charge in [-0.2, -0.15) is 0 Å². The molecule has 94 valence electrons. The largest absolute Gasteiger partial charge is 0.480 e. The maximum Gasteiger partial charge on any atom is 0.326 e. The van der Waals surface area contributed by atoms with Crippen molar-refractivity contribution in [1.82, 2.24) is 15.5 Å². The third-order valence-corrected chi connectivity index (χ3v) is 2.32. The summed E-state index contributed by atoms with van der Waals surface area (Å²) in [4.78, 5) is 23.3. The maximum atomic E-state index is 11.5. The molecular weight excluding hydrogens is 210 g/mol. The maximum absolute atomic E-state index is 11.5. The van der Waals surface area contributed by atoms with Crippen LogP contribution in [-0.2, 0) is 4.79 Å². The summed E-state index contributed by atoms with van der Waals surface area (Å²) in [7, 11) is 1.47. The number of amides is 2. The van der Waals surface area contributed by atoms with E-state index in [0.29, 0.717) is 6.54 Å². The van der Waals surface area contributed by atoms with Crippen LogP contribution >= 0.6 is 0 Å². The van der Waals surface area contributed by atoms with Gasteiger partial charge in [0, 0.05) is 13.6 Å². The van der Waals surface area contributed by atoms with Crippen LogP contribution in [0, 0.1) is 0 Å². The molecule has 1 unspecified atom stereocenters. The van der Waals surface area contributed by atoms with Crippen LogP contribution in [0.2, 0.25) is 0 Å². The molecule has 2 amide bonds. The summed E-state index contributed by atoms with van der Waals surface area (Å²) in [6.07, 6.45) is 0.828. The smallest absolute Gasteiger partial charge is 0.326 e. The summed E-state index contributed by atoms with van der Waals surface area (Å²) in [6.45, 7) is 5.78. The van der Waals surface area contributed by atoms with Gasteiger partial charge in [0.05, 0.1) is 0 Å². The zero-order valence-electron chi connectivity index (χ0n) is 10.1. The van der Waals surface area contributed by atoms with Crippen molar-refractivity contribution in [2.24, 2.45) is 0 Å². The van der Waals surface area contributed by atoms with Crippen LogP contribution in [0.3, 0.4) is 0 Å². The highest BCUT2D eigenvalue weighted by Crippen LogP contribution is 1.95. The summed E-state index contributed by atoms with van der Waals surface area (Å²) in [5.41, 5.74) is 0. The fourth-order valence-corrected chi connectivity index (χ4v) is 1.05. The predicted molar refractivity (Wildman–Crippen MR) is 61.4 cm³/mol. The lowest BCUT2D eigenvalue weighted by Crippen LogP contribution is -2.46. The lowest BCUT2D eigenvalue weighted by atomic mass is 10.3. The number of carbonyl (C=O) groups excluding carboxylic acids is 1. The molecule has 0 saturated carbocycles. The molecule has 0 aromatic rings. The van der Waals surface area contributed by atoms with Crippen molar-refractivity contribution in [2.75, 3.05) is 26.7 Å². The summed E-state index contributed by atoms with van der Waals surface area (Å²) in [6, 6.07) is -1.17. The van der Waals surface area contributed by atoms with Crippen LogP contribution in [0.5, 0.6) is 0 Å². The van der Waals surface area contributed by atoms with Gasteiger partial charge in [-0.05, 0) is 26.4 Å². The molecule has 0 rings (SSSR count). The Kier molecular flexibility index (Phi) is 7.28. The van der Waals surface area contributed by atoms with Crippen LogP contribution in [0.15, 0.2) is 0 Å². The average molecular weight is 231 g/mol. The molecule has 0 aliphatic carbocycles. The number of hydrogen-bond donors (Lipinski definition) is 3. The van der Waals surface area contributed by atoms with Crippen LogP contribution in [0.1, 0.15) is 20.3 Å². The van der Waals surface area contributed by atoms with Crippen molar-refractivity contribution in [3.8, 4) is 0 Å². The van der Waals surface area contributed by atoms with Gasteiger partial charge in [-0.25, -0.2) is 9.59 Å². The molecule has 0 aromatic carbocycles. The SMILES string of the molecule is CCNCCCNC(=O)N(C)C(C)C(=O)O. The fourth-order valence-electron chi connectivity index (χ4n) is 1.05. The van der Waals surface area contributed by atoms with Crippen LogP contribution < -0.4 is 10.6 Å². The molecule has 0 saturated heterocycles. The zero-order chi connectivity index (χ0) is 12.6. The fraction of sp³-hybridized carbons (Fsp3) is 0.800. The molecule has 0 radical (unpaired) electrons. The Morgan fingerprint density at radius 2 is 2.00 bits per heavy atom. The Labute approximate surface area is 96.0 Å². The summed E-state index contributed by atoms with van der Waals surface area (Å²) in [5, 5.41) is 14.5. The monoisotopic (exact) mass is 231 g/mol. The minimum atomic E-state index is -1.01. The van der Waals surface area contributed by atoms with Crippen molar-refractivity contribution in [3.63, 3.8) is 0 Å². The van der Waals surface area contributed by atoms with Gasteiger partial charge in [0.2, 0.25) is 0 Å². The Morgan fingerprint density at radius 1 is 1.38 bits per heavy atom. The highest BCUT2D eigenvalue weighted by atomic mass is 16.4. The Hall–Kier alpha value is -1.30. The quantitative estimate of drug-likeness (QED) is 0.543. The van der Waals surface area contributed by atoms with Crippen molar-refractivity contribution in [1.29, 1.82) is 0 Å². The standard InChI is InChI=1S/C10H21N3O3/c1-4-11-6-5-7-12-10(16)13(3)8(2)9(14)15/h8,11H,4-7H2,1-3H3,(H,12,16)(H,14,15). The number of rotatable bonds is 7. The Balaban J connectivity index is 3.75. The number of likely N-dealkylation sites (N-methyl/N-ethyl adjacent to an activating group) is 1. The summed E-state index contributed by atoms with van der Waals surface area (Å²) < 4.78 is 0. The van der Waals surface area contributed by atoms with Gasteiger partial charge in [0.15, 0.2) is 0 Å². The van der Waals surface area contributed by atoms with Gasteiger partial charge < -0.3 is 20.6 Å². The first-order valence-electron chi connectivity index (χ1n) is 5.44. The van der Waals surface area contributed by atoms with E-state index in [1.54, 1.807) is 0 Å². The second kappa shape index (κ2) is 7.92. The number of carbonyl (C=O) groups is 2. The number of urea groups is 1. The first-order valence-corrected chi connectivity index (χ1v) is 5.44. The molecule has 6 heteroatoms. The topological polar surface area (TPSA) is 81.7 Å². The molecule has 0 fully saturated rings. The number of hydrogen-bond acceptors (Lipinski definition) is 3. The molecule has 0 spiro atoms. The van der Waals surface area contributed by atoms with Gasteiger partial charge in [0.25, 0.3) is 0 Å². The van der Waals surface area contributed by atoms with Crippen LogP contribution in [-0.4, -0.2) is 54.7 Å². The molecule has 16 heavy (non-hydrogen) atoms. The van der Waals surface area contributed by atoms with Crippen LogP contribution in [0.25, 0.3) is 0 Å². The van der Waals surface area contributed by atoms with E-state index in [2.05, 4.69) is 10.6 Å². The summed E-state index contributed by atoms with van der Waals surface area (Å²) >= 11 is 0. The van der Waals surface area contributed by atoms with Crippen molar-refractivity contribution < 1.29 is 14.7 Å². The molecule has 0 heterocycles. The van der Waals surface area contributed by atoms with E-state index in [1.807, 2.05) is 6.92 Å². The second-order valence-corrected chi connectivity index (χ2v) is 3.56. The normalized spacial score (nSPS) is 11.9. The molecule has 0 bridgehead atoms. The molecule has 1 atom stereocenters. The molecule has 0 aliphatic rings. The van der Waals surface area contributed by atoms with E-state index in [4.69, 9.17) is 5.11 Å². The second-order valence-electron chi connectivity index (χ2n) is 3.56. The molecule has 3 N–H and O–H groups in total. The van der Waals surface area contributed by atoms with Gasteiger partial charge in [-0.3, -0.25) is 0 Å². The lowest BCUT2D eigenvalue weighted by molar-refractivity contribution is -0.141. The number of nitrogens with zero attached hydrogens (tertiary/aromatic N) is 1.